The summed E-state index contributed by atoms with van der Waals surface area (Å²) in [7, 11) is 0. The van der Waals surface area contributed by atoms with E-state index < -0.39 is 0 Å². The molecule has 2 heterocycles. The van der Waals surface area contributed by atoms with Gasteiger partial charge in [0.1, 0.15) is 17.0 Å². The van der Waals surface area contributed by atoms with Crippen LogP contribution in [0.1, 0.15) is 35.9 Å². The summed E-state index contributed by atoms with van der Waals surface area (Å²) in [6.07, 6.45) is 2.58. The number of amides is 1. The molecule has 3 rings (SSSR count). The van der Waals surface area contributed by atoms with Gasteiger partial charge in [-0.3, -0.25) is 4.79 Å². The van der Waals surface area contributed by atoms with E-state index in [2.05, 4.69) is 22.3 Å². The lowest BCUT2D eigenvalue weighted by Gasteiger charge is -2.20. The quantitative estimate of drug-likeness (QED) is 0.886. The first-order chi connectivity index (χ1) is 11.6. The number of rotatable bonds is 6. The second-order valence-corrected chi connectivity index (χ2v) is 6.65. The molecule has 1 aliphatic rings. The second kappa shape index (κ2) is 7.62. The van der Waals surface area contributed by atoms with Crippen LogP contribution >= 0.6 is 0 Å². The van der Waals surface area contributed by atoms with Gasteiger partial charge in [-0.1, -0.05) is 42.4 Å². The number of aryl methyl sites for hydroxylation is 1. The molecule has 0 spiro atoms. The standard InChI is InChI=1S/C19H25N3O2/c1-14(13-22-10-6-7-11-22)12-20-19(23)17-15(2)24-21-18(17)16-8-4-3-5-9-16/h3-5,8-9,14H,6-7,10-13H2,1-2H3,(H,20,23). The molecule has 1 aliphatic heterocycles. The SMILES string of the molecule is Cc1onc(-c2ccccc2)c1C(=O)NCC(C)CN1CCCC1. The van der Waals surface area contributed by atoms with Crippen molar-refractivity contribution in [1.82, 2.24) is 15.4 Å². The zero-order valence-electron chi connectivity index (χ0n) is 14.4. The van der Waals surface area contributed by atoms with Crippen molar-refractivity contribution >= 4 is 5.91 Å². The molecule has 5 heteroatoms. The Labute approximate surface area is 143 Å². The van der Waals surface area contributed by atoms with Crippen molar-refractivity contribution in [1.29, 1.82) is 0 Å². The fourth-order valence-electron chi connectivity index (χ4n) is 3.26. The van der Waals surface area contributed by atoms with E-state index in [1.165, 1.54) is 25.9 Å². The third-order valence-electron chi connectivity index (χ3n) is 4.52. The van der Waals surface area contributed by atoms with Gasteiger partial charge in [0.25, 0.3) is 5.91 Å². The molecular formula is C19H25N3O2. The number of hydrogen-bond donors (Lipinski definition) is 1. The van der Waals surface area contributed by atoms with Crippen molar-refractivity contribution in [2.24, 2.45) is 5.92 Å². The highest BCUT2D eigenvalue weighted by atomic mass is 16.5. The average molecular weight is 327 g/mol. The molecule has 1 aromatic carbocycles. The van der Waals surface area contributed by atoms with E-state index >= 15 is 0 Å². The van der Waals surface area contributed by atoms with Crippen LogP contribution in [0, 0.1) is 12.8 Å². The normalized spacial score (nSPS) is 16.2. The average Bonchev–Trinajstić information content (AvgIpc) is 3.23. The number of nitrogens with one attached hydrogen (secondary N) is 1. The zero-order chi connectivity index (χ0) is 16.9. The number of nitrogens with zero attached hydrogens (tertiary/aromatic N) is 2. The highest BCUT2D eigenvalue weighted by molar-refractivity contribution is 6.00. The number of likely N-dealkylation sites (tertiary alicyclic amines) is 1. The Bertz CT molecular complexity index is 675. The summed E-state index contributed by atoms with van der Waals surface area (Å²) in [5, 5.41) is 7.12. The van der Waals surface area contributed by atoms with Gasteiger partial charge in [-0.05, 0) is 38.8 Å². The van der Waals surface area contributed by atoms with Crippen molar-refractivity contribution in [3.8, 4) is 11.3 Å². The number of carbonyl (C=O) groups is 1. The molecule has 128 valence electrons. The lowest BCUT2D eigenvalue weighted by Crippen LogP contribution is -2.34. The zero-order valence-corrected chi connectivity index (χ0v) is 14.4. The summed E-state index contributed by atoms with van der Waals surface area (Å²) in [6.45, 7) is 8.02. The fraction of sp³-hybridized carbons (Fsp3) is 0.474. The van der Waals surface area contributed by atoms with Gasteiger partial charge in [0.05, 0.1) is 0 Å². The molecule has 1 atom stereocenters. The Balaban J connectivity index is 1.64. The summed E-state index contributed by atoms with van der Waals surface area (Å²) in [4.78, 5) is 15.1. The van der Waals surface area contributed by atoms with Crippen LogP contribution in [-0.4, -0.2) is 42.1 Å². The molecule has 1 unspecified atom stereocenters. The molecule has 1 fully saturated rings. The summed E-state index contributed by atoms with van der Waals surface area (Å²) < 4.78 is 5.27. The van der Waals surface area contributed by atoms with Crippen LogP contribution < -0.4 is 5.32 Å². The van der Waals surface area contributed by atoms with Gasteiger partial charge in [0.2, 0.25) is 0 Å². The van der Waals surface area contributed by atoms with E-state index in [0.717, 1.165) is 12.1 Å². The maximum atomic E-state index is 12.6. The predicted molar refractivity (Wildman–Crippen MR) is 93.8 cm³/mol. The smallest absolute Gasteiger partial charge is 0.257 e. The maximum absolute atomic E-state index is 12.6. The first-order valence-corrected chi connectivity index (χ1v) is 8.67. The third-order valence-corrected chi connectivity index (χ3v) is 4.52. The van der Waals surface area contributed by atoms with Crippen LogP contribution in [-0.2, 0) is 0 Å². The van der Waals surface area contributed by atoms with Crippen molar-refractivity contribution in [2.45, 2.75) is 26.7 Å². The summed E-state index contributed by atoms with van der Waals surface area (Å²) in [5.74, 6) is 0.867. The first-order valence-electron chi connectivity index (χ1n) is 8.67. The molecule has 1 N–H and O–H groups in total. The Hall–Kier alpha value is -2.14. The molecule has 0 bridgehead atoms. The predicted octanol–water partition coefficient (Wildman–Crippen LogP) is 3.11. The van der Waals surface area contributed by atoms with Gasteiger partial charge in [0.15, 0.2) is 0 Å². The van der Waals surface area contributed by atoms with Crippen molar-refractivity contribution in [3.05, 3.63) is 41.7 Å². The molecule has 1 aromatic heterocycles. The van der Waals surface area contributed by atoms with Gasteiger partial charge in [-0.2, -0.15) is 0 Å². The largest absolute Gasteiger partial charge is 0.360 e. The topological polar surface area (TPSA) is 58.4 Å². The second-order valence-electron chi connectivity index (χ2n) is 6.65. The van der Waals surface area contributed by atoms with Crippen molar-refractivity contribution in [2.75, 3.05) is 26.2 Å². The van der Waals surface area contributed by atoms with Crippen LogP contribution in [0.4, 0.5) is 0 Å². The van der Waals surface area contributed by atoms with Crippen molar-refractivity contribution in [3.63, 3.8) is 0 Å². The van der Waals surface area contributed by atoms with Gasteiger partial charge in [-0.15, -0.1) is 0 Å². The van der Waals surface area contributed by atoms with E-state index in [4.69, 9.17) is 4.52 Å². The Morgan fingerprint density at radius 3 is 2.71 bits per heavy atom. The molecule has 0 aliphatic carbocycles. The minimum Gasteiger partial charge on any atom is -0.360 e. The van der Waals surface area contributed by atoms with Crippen molar-refractivity contribution < 1.29 is 9.32 Å². The third kappa shape index (κ3) is 3.85. The van der Waals surface area contributed by atoms with Gasteiger partial charge in [-0.25, -0.2) is 0 Å². The lowest BCUT2D eigenvalue weighted by molar-refractivity contribution is 0.0944. The molecule has 24 heavy (non-hydrogen) atoms. The summed E-state index contributed by atoms with van der Waals surface area (Å²) >= 11 is 0. The molecule has 0 saturated carbocycles. The first kappa shape index (κ1) is 16.7. The highest BCUT2D eigenvalue weighted by Gasteiger charge is 2.22. The monoisotopic (exact) mass is 327 g/mol. The van der Waals surface area contributed by atoms with Crippen LogP contribution in [0.5, 0.6) is 0 Å². The Morgan fingerprint density at radius 1 is 1.29 bits per heavy atom. The molecule has 1 amide bonds. The number of hydrogen-bond acceptors (Lipinski definition) is 4. The Kier molecular flexibility index (Phi) is 5.30. The van der Waals surface area contributed by atoms with Gasteiger partial charge in [0, 0.05) is 18.7 Å². The summed E-state index contributed by atoms with van der Waals surface area (Å²) in [5.41, 5.74) is 2.04. The van der Waals surface area contributed by atoms with Gasteiger partial charge >= 0.3 is 0 Å². The number of aromatic nitrogens is 1. The van der Waals surface area contributed by atoms with E-state index in [9.17, 15) is 4.79 Å². The van der Waals surface area contributed by atoms with E-state index in [0.29, 0.717) is 29.5 Å². The summed E-state index contributed by atoms with van der Waals surface area (Å²) in [6, 6.07) is 9.67. The van der Waals surface area contributed by atoms with E-state index in [-0.39, 0.29) is 5.91 Å². The molecule has 2 aromatic rings. The maximum Gasteiger partial charge on any atom is 0.257 e. The molecular weight excluding hydrogens is 302 g/mol. The highest BCUT2D eigenvalue weighted by Crippen LogP contribution is 2.24. The molecule has 5 nitrogen and oxygen atoms in total. The van der Waals surface area contributed by atoms with Crippen LogP contribution in [0.2, 0.25) is 0 Å². The van der Waals surface area contributed by atoms with Gasteiger partial charge < -0.3 is 14.7 Å². The number of benzene rings is 1. The molecule has 0 radical (unpaired) electrons. The Morgan fingerprint density at radius 2 is 2.00 bits per heavy atom. The van der Waals surface area contributed by atoms with Crippen LogP contribution in [0.15, 0.2) is 34.9 Å². The van der Waals surface area contributed by atoms with E-state index in [1.807, 2.05) is 30.3 Å². The van der Waals surface area contributed by atoms with E-state index in [1.54, 1.807) is 6.92 Å². The van der Waals surface area contributed by atoms with Crippen LogP contribution in [0.25, 0.3) is 11.3 Å². The fourth-order valence-corrected chi connectivity index (χ4v) is 3.26. The molecule has 1 saturated heterocycles. The minimum absolute atomic E-state index is 0.110. The minimum atomic E-state index is -0.110. The lowest BCUT2D eigenvalue weighted by atomic mass is 10.1. The van der Waals surface area contributed by atoms with Crippen LogP contribution in [0.3, 0.4) is 0 Å². The number of carbonyl (C=O) groups excluding carboxylic acids is 1.